The van der Waals surface area contributed by atoms with Gasteiger partial charge in [0, 0.05) is 0 Å². The van der Waals surface area contributed by atoms with Crippen LogP contribution < -0.4 is 0 Å². The van der Waals surface area contributed by atoms with E-state index in [1.807, 2.05) is 0 Å². The van der Waals surface area contributed by atoms with Gasteiger partial charge >= 0.3 is 0 Å². The van der Waals surface area contributed by atoms with Gasteiger partial charge in [-0.3, -0.25) is 0 Å². The molecule has 1 atom stereocenters. The number of hydrogen-bond donors (Lipinski definition) is 0. The Morgan fingerprint density at radius 2 is 1.94 bits per heavy atom. The zero-order valence-corrected chi connectivity index (χ0v) is 12.7. The monoisotopic (exact) mass is 244 g/mol. The second-order valence-electron chi connectivity index (χ2n) is 6.13. The molecule has 0 saturated heterocycles. The second kappa shape index (κ2) is 6.22. The summed E-state index contributed by atoms with van der Waals surface area (Å²) < 4.78 is 0. The molecule has 1 unspecified atom stereocenters. The molecule has 1 aromatic carbocycles. The van der Waals surface area contributed by atoms with Gasteiger partial charge in [-0.25, -0.2) is 0 Å². The molecule has 0 heterocycles. The van der Waals surface area contributed by atoms with Gasteiger partial charge in [0.15, 0.2) is 0 Å². The van der Waals surface area contributed by atoms with Crippen molar-refractivity contribution in [3.05, 3.63) is 42.0 Å². The minimum absolute atomic E-state index is 0.327. The van der Waals surface area contributed by atoms with Gasteiger partial charge in [-0.05, 0) is 40.9 Å². The van der Waals surface area contributed by atoms with Crippen LogP contribution in [0.4, 0.5) is 0 Å². The summed E-state index contributed by atoms with van der Waals surface area (Å²) in [4.78, 5) is 0. The van der Waals surface area contributed by atoms with E-state index >= 15 is 0 Å². The van der Waals surface area contributed by atoms with Crippen molar-refractivity contribution in [1.29, 1.82) is 0 Å². The lowest BCUT2D eigenvalue weighted by atomic mass is 9.73. The zero-order chi connectivity index (χ0) is 13.8. The Bertz CT molecular complexity index is 398. The third-order valence-electron chi connectivity index (χ3n) is 4.36. The van der Waals surface area contributed by atoms with E-state index in [1.54, 1.807) is 0 Å². The second-order valence-corrected chi connectivity index (χ2v) is 6.13. The van der Waals surface area contributed by atoms with Crippen LogP contribution in [0.5, 0.6) is 0 Å². The lowest BCUT2D eigenvalue weighted by molar-refractivity contribution is 0.231. The summed E-state index contributed by atoms with van der Waals surface area (Å²) in [5.41, 5.74) is 4.31. The molecular formula is C18H28. The van der Waals surface area contributed by atoms with E-state index in [0.29, 0.717) is 5.41 Å². The molecule has 0 saturated carbocycles. The molecule has 0 N–H and O–H groups in total. The molecule has 0 spiro atoms. The molecular weight excluding hydrogens is 216 g/mol. The van der Waals surface area contributed by atoms with Gasteiger partial charge < -0.3 is 0 Å². The highest BCUT2D eigenvalue weighted by molar-refractivity contribution is 5.64. The summed E-state index contributed by atoms with van der Waals surface area (Å²) in [6.07, 6.45) is 3.40. The fourth-order valence-electron chi connectivity index (χ4n) is 2.39. The normalized spacial score (nSPS) is 13.4. The van der Waals surface area contributed by atoms with E-state index in [2.05, 4.69) is 65.5 Å². The molecule has 0 aliphatic heterocycles. The summed E-state index contributed by atoms with van der Waals surface area (Å²) in [6.45, 7) is 15.8. The first-order valence-corrected chi connectivity index (χ1v) is 7.17. The van der Waals surface area contributed by atoms with Gasteiger partial charge in [0.2, 0.25) is 0 Å². The molecule has 18 heavy (non-hydrogen) atoms. The maximum atomic E-state index is 4.30. The van der Waals surface area contributed by atoms with E-state index in [-0.39, 0.29) is 0 Å². The molecule has 1 rings (SSSR count). The van der Waals surface area contributed by atoms with Crippen molar-refractivity contribution in [2.24, 2.45) is 11.3 Å². The summed E-state index contributed by atoms with van der Waals surface area (Å²) in [5, 5.41) is 0. The standard InChI is InChI=1S/C18H28/c1-7-15(4)18(5,6)13-14(3)17-11-9-10-16(8-2)12-17/h9-12,15H,3,7-8,13H2,1-2,4-6H3. The van der Waals surface area contributed by atoms with Crippen LogP contribution >= 0.6 is 0 Å². The third-order valence-corrected chi connectivity index (χ3v) is 4.36. The Morgan fingerprint density at radius 3 is 2.50 bits per heavy atom. The molecule has 0 aliphatic rings. The Morgan fingerprint density at radius 1 is 1.28 bits per heavy atom. The SMILES string of the molecule is C=C(CC(C)(C)C(C)CC)c1cccc(CC)c1. The molecule has 0 heteroatoms. The number of benzene rings is 1. The van der Waals surface area contributed by atoms with Crippen LogP contribution in [-0.2, 0) is 6.42 Å². The predicted molar refractivity (Wildman–Crippen MR) is 82.7 cm³/mol. The first kappa shape index (κ1) is 15.0. The van der Waals surface area contributed by atoms with E-state index < -0.39 is 0 Å². The van der Waals surface area contributed by atoms with E-state index in [0.717, 1.165) is 18.8 Å². The first-order valence-electron chi connectivity index (χ1n) is 7.17. The third kappa shape index (κ3) is 3.73. The predicted octanol–water partition coefficient (Wildman–Crippen LogP) is 5.72. The largest absolute Gasteiger partial charge is 0.0952 e. The van der Waals surface area contributed by atoms with Crippen LogP contribution in [0.2, 0.25) is 0 Å². The zero-order valence-electron chi connectivity index (χ0n) is 12.7. The van der Waals surface area contributed by atoms with E-state index in [4.69, 9.17) is 0 Å². The Balaban J connectivity index is 2.82. The van der Waals surface area contributed by atoms with Gasteiger partial charge in [-0.1, -0.05) is 71.9 Å². The van der Waals surface area contributed by atoms with Crippen LogP contribution in [0.3, 0.4) is 0 Å². The lowest BCUT2D eigenvalue weighted by Gasteiger charge is -2.32. The topological polar surface area (TPSA) is 0 Å². The van der Waals surface area contributed by atoms with Crippen LogP contribution in [0.25, 0.3) is 5.57 Å². The van der Waals surface area contributed by atoms with Crippen molar-refractivity contribution in [1.82, 2.24) is 0 Å². The average molecular weight is 244 g/mol. The minimum atomic E-state index is 0.327. The Hall–Kier alpha value is -1.04. The lowest BCUT2D eigenvalue weighted by Crippen LogP contribution is -2.21. The highest BCUT2D eigenvalue weighted by atomic mass is 14.3. The van der Waals surface area contributed by atoms with Crippen molar-refractivity contribution < 1.29 is 0 Å². The van der Waals surface area contributed by atoms with E-state index in [1.165, 1.54) is 23.1 Å². The van der Waals surface area contributed by atoms with Gasteiger partial charge in [0.05, 0.1) is 0 Å². The highest BCUT2D eigenvalue weighted by Crippen LogP contribution is 2.37. The van der Waals surface area contributed by atoms with Crippen LogP contribution in [0, 0.1) is 11.3 Å². The molecule has 0 bridgehead atoms. The first-order chi connectivity index (χ1) is 8.40. The number of rotatable bonds is 6. The molecule has 0 radical (unpaired) electrons. The van der Waals surface area contributed by atoms with Gasteiger partial charge in [-0.2, -0.15) is 0 Å². The van der Waals surface area contributed by atoms with E-state index in [9.17, 15) is 0 Å². The minimum Gasteiger partial charge on any atom is -0.0952 e. The number of allylic oxidation sites excluding steroid dienone is 1. The molecule has 0 fully saturated rings. The van der Waals surface area contributed by atoms with Crippen molar-refractivity contribution in [3.63, 3.8) is 0 Å². The summed E-state index contributed by atoms with van der Waals surface area (Å²) in [6, 6.07) is 8.81. The smallest absolute Gasteiger partial charge is 0.0225 e. The highest BCUT2D eigenvalue weighted by Gasteiger charge is 2.25. The van der Waals surface area contributed by atoms with Crippen molar-refractivity contribution in [2.45, 2.75) is 53.9 Å². The molecule has 1 aromatic rings. The van der Waals surface area contributed by atoms with Gasteiger partial charge in [0.1, 0.15) is 0 Å². The fourth-order valence-corrected chi connectivity index (χ4v) is 2.39. The van der Waals surface area contributed by atoms with Gasteiger partial charge in [-0.15, -0.1) is 0 Å². The summed E-state index contributed by atoms with van der Waals surface area (Å²) in [5.74, 6) is 0.726. The Labute approximate surface area is 113 Å². The molecule has 0 aliphatic carbocycles. The number of hydrogen-bond acceptors (Lipinski definition) is 0. The van der Waals surface area contributed by atoms with Gasteiger partial charge in [0.25, 0.3) is 0 Å². The average Bonchev–Trinajstić information content (AvgIpc) is 2.37. The van der Waals surface area contributed by atoms with Crippen LogP contribution in [0.15, 0.2) is 30.8 Å². The molecule has 100 valence electrons. The maximum absolute atomic E-state index is 4.30. The van der Waals surface area contributed by atoms with Crippen molar-refractivity contribution in [3.8, 4) is 0 Å². The van der Waals surface area contributed by atoms with Crippen LogP contribution in [-0.4, -0.2) is 0 Å². The Kier molecular flexibility index (Phi) is 5.19. The summed E-state index contributed by atoms with van der Waals surface area (Å²) in [7, 11) is 0. The van der Waals surface area contributed by atoms with Crippen molar-refractivity contribution in [2.75, 3.05) is 0 Å². The molecule has 0 nitrogen and oxygen atoms in total. The molecule has 0 amide bonds. The maximum Gasteiger partial charge on any atom is -0.0225 e. The van der Waals surface area contributed by atoms with Crippen LogP contribution in [0.1, 0.15) is 58.6 Å². The fraction of sp³-hybridized carbons (Fsp3) is 0.556. The number of aryl methyl sites for hydroxylation is 1. The quantitative estimate of drug-likeness (QED) is 0.600. The van der Waals surface area contributed by atoms with Crippen molar-refractivity contribution >= 4 is 5.57 Å². The summed E-state index contributed by atoms with van der Waals surface area (Å²) >= 11 is 0. The molecule has 0 aromatic heterocycles.